The maximum Gasteiger partial charge on any atom is 0.248 e. The maximum absolute atomic E-state index is 12.7. The molecule has 2 aliphatic heterocycles. The maximum atomic E-state index is 12.7. The van der Waals surface area contributed by atoms with E-state index in [-0.39, 0.29) is 23.8 Å². The Morgan fingerprint density at radius 1 is 1.04 bits per heavy atom. The van der Waals surface area contributed by atoms with Crippen LogP contribution in [0, 0.1) is 11.3 Å². The highest BCUT2D eigenvalue weighted by molar-refractivity contribution is 5.78. The van der Waals surface area contributed by atoms with Gasteiger partial charge in [0, 0.05) is 45.1 Å². The average molecular weight is 367 g/mol. The summed E-state index contributed by atoms with van der Waals surface area (Å²) >= 11 is 0. The van der Waals surface area contributed by atoms with Gasteiger partial charge in [-0.05, 0) is 31.6 Å². The summed E-state index contributed by atoms with van der Waals surface area (Å²) in [4.78, 5) is 28.7. The molecule has 2 heterocycles. The summed E-state index contributed by atoms with van der Waals surface area (Å²) in [6.45, 7) is 2.54. The Kier molecular flexibility index (Phi) is 6.56. The van der Waals surface area contributed by atoms with Crippen LogP contribution >= 0.6 is 0 Å². The minimum absolute atomic E-state index is 0.0246. The van der Waals surface area contributed by atoms with Crippen molar-refractivity contribution >= 4 is 11.8 Å². The van der Waals surface area contributed by atoms with Gasteiger partial charge in [-0.25, -0.2) is 0 Å². The first-order valence-electron chi connectivity index (χ1n) is 10.3. The number of aliphatic hydroxyl groups is 1. The summed E-state index contributed by atoms with van der Waals surface area (Å²) < 4.78 is 4.98. The van der Waals surface area contributed by atoms with Gasteiger partial charge in [0.15, 0.2) is 0 Å². The van der Waals surface area contributed by atoms with Crippen LogP contribution in [0.15, 0.2) is 0 Å². The molecule has 1 N–H and O–H groups in total. The Balaban J connectivity index is 1.59. The fourth-order valence-corrected chi connectivity index (χ4v) is 5.14. The molecule has 2 amide bonds. The van der Waals surface area contributed by atoms with Crippen LogP contribution in [0.4, 0.5) is 0 Å². The van der Waals surface area contributed by atoms with E-state index in [9.17, 15) is 14.7 Å². The molecule has 1 aliphatic carbocycles. The van der Waals surface area contributed by atoms with Crippen LogP contribution in [0.3, 0.4) is 0 Å². The molecule has 0 bridgehead atoms. The van der Waals surface area contributed by atoms with E-state index in [1.54, 1.807) is 0 Å². The van der Waals surface area contributed by atoms with Crippen LogP contribution in [-0.4, -0.2) is 72.7 Å². The number of methoxy groups -OCH3 is 1. The number of aliphatic hydroxyl groups excluding tert-OH is 1. The first kappa shape index (κ1) is 19.6. The third-order valence-corrected chi connectivity index (χ3v) is 6.71. The lowest BCUT2D eigenvalue weighted by atomic mass is 9.71. The fourth-order valence-electron chi connectivity index (χ4n) is 5.14. The number of hydrogen-bond acceptors (Lipinski definition) is 4. The summed E-state index contributed by atoms with van der Waals surface area (Å²) in [5, 5.41) is 10.7. The second-order valence-corrected chi connectivity index (χ2v) is 8.52. The van der Waals surface area contributed by atoms with Gasteiger partial charge in [0.2, 0.25) is 11.8 Å². The average Bonchev–Trinajstić information content (AvgIpc) is 3.16. The van der Waals surface area contributed by atoms with E-state index in [2.05, 4.69) is 0 Å². The molecule has 2 saturated heterocycles. The Morgan fingerprint density at radius 3 is 2.42 bits per heavy atom. The van der Waals surface area contributed by atoms with Gasteiger partial charge in [-0.2, -0.15) is 0 Å². The lowest BCUT2D eigenvalue weighted by Gasteiger charge is -2.51. The number of ether oxygens (including phenoxy) is 1. The van der Waals surface area contributed by atoms with E-state index in [1.807, 2.05) is 9.80 Å². The van der Waals surface area contributed by atoms with Gasteiger partial charge in [-0.1, -0.05) is 25.7 Å². The topological polar surface area (TPSA) is 70.1 Å². The smallest absolute Gasteiger partial charge is 0.248 e. The predicted octanol–water partition coefficient (Wildman–Crippen LogP) is 1.81. The predicted molar refractivity (Wildman–Crippen MR) is 98.5 cm³/mol. The van der Waals surface area contributed by atoms with Crippen LogP contribution in [-0.2, 0) is 14.3 Å². The molecule has 1 saturated carbocycles. The van der Waals surface area contributed by atoms with Gasteiger partial charge in [0.05, 0.1) is 6.10 Å². The molecule has 6 nitrogen and oxygen atoms in total. The first-order chi connectivity index (χ1) is 12.5. The van der Waals surface area contributed by atoms with Crippen molar-refractivity contribution in [3.63, 3.8) is 0 Å². The second kappa shape index (κ2) is 8.70. The van der Waals surface area contributed by atoms with Crippen molar-refractivity contribution in [2.24, 2.45) is 11.3 Å². The highest BCUT2D eigenvalue weighted by atomic mass is 16.5. The van der Waals surface area contributed by atoms with Gasteiger partial charge < -0.3 is 19.6 Å². The van der Waals surface area contributed by atoms with Gasteiger partial charge in [-0.15, -0.1) is 0 Å². The zero-order chi connectivity index (χ0) is 18.6. The molecule has 0 unspecified atom stereocenters. The number of nitrogens with zero attached hydrogens (tertiary/aromatic N) is 2. The van der Waals surface area contributed by atoms with Crippen molar-refractivity contribution in [1.29, 1.82) is 0 Å². The normalized spacial score (nSPS) is 30.2. The highest BCUT2D eigenvalue weighted by Crippen LogP contribution is 2.39. The van der Waals surface area contributed by atoms with Crippen molar-refractivity contribution < 1.29 is 19.4 Å². The molecule has 3 fully saturated rings. The second-order valence-electron chi connectivity index (χ2n) is 8.52. The van der Waals surface area contributed by atoms with E-state index in [0.29, 0.717) is 32.5 Å². The van der Waals surface area contributed by atoms with E-state index in [0.717, 1.165) is 31.7 Å². The molecule has 3 aliphatic rings. The molecular formula is C20H34N2O4. The molecule has 0 aromatic heterocycles. The van der Waals surface area contributed by atoms with Crippen molar-refractivity contribution in [3.8, 4) is 0 Å². The Hall–Kier alpha value is -1.14. The molecule has 26 heavy (non-hydrogen) atoms. The third kappa shape index (κ3) is 4.39. The zero-order valence-electron chi connectivity index (χ0n) is 16.1. The van der Waals surface area contributed by atoms with Gasteiger partial charge in [0.25, 0.3) is 0 Å². The Labute approximate surface area is 156 Å². The number of hydrogen-bond donors (Lipinski definition) is 1. The van der Waals surface area contributed by atoms with E-state index >= 15 is 0 Å². The van der Waals surface area contributed by atoms with Gasteiger partial charge in [0.1, 0.15) is 6.61 Å². The highest BCUT2D eigenvalue weighted by Gasteiger charge is 2.47. The van der Waals surface area contributed by atoms with Crippen LogP contribution in [0.5, 0.6) is 0 Å². The molecule has 1 spiro atoms. The Bertz CT molecular complexity index is 506. The zero-order valence-corrected chi connectivity index (χ0v) is 16.1. The largest absolute Gasteiger partial charge is 0.392 e. The van der Waals surface area contributed by atoms with Crippen molar-refractivity contribution in [2.75, 3.05) is 39.9 Å². The number of likely N-dealkylation sites (tertiary alicyclic amines) is 2. The number of rotatable bonds is 5. The van der Waals surface area contributed by atoms with Crippen LogP contribution < -0.4 is 0 Å². The number of carbonyl (C=O) groups is 2. The monoisotopic (exact) mass is 366 g/mol. The molecular weight excluding hydrogens is 332 g/mol. The summed E-state index contributed by atoms with van der Waals surface area (Å²) in [5.41, 5.74) is -0.372. The van der Waals surface area contributed by atoms with E-state index < -0.39 is 6.10 Å². The minimum atomic E-state index is -0.445. The summed E-state index contributed by atoms with van der Waals surface area (Å²) in [7, 11) is 1.53. The van der Waals surface area contributed by atoms with E-state index in [4.69, 9.17) is 4.74 Å². The minimum Gasteiger partial charge on any atom is -0.392 e. The number of carbonyl (C=O) groups excluding carboxylic acids is 2. The lowest BCUT2D eigenvalue weighted by Crippen LogP contribution is -2.61. The standard InChI is InChI=1S/C20H34N2O4/c1-26-13-19(25)22-12-9-17(23)20(15-22)10-4-11-21(14-20)18(24)8-7-16-5-2-3-6-16/h16-17,23H,2-15H2,1H3/t17-,20+/m1/s1. The third-order valence-electron chi connectivity index (χ3n) is 6.71. The first-order valence-corrected chi connectivity index (χ1v) is 10.3. The molecule has 0 radical (unpaired) electrons. The summed E-state index contributed by atoms with van der Waals surface area (Å²) in [5.74, 6) is 0.923. The van der Waals surface area contributed by atoms with Crippen molar-refractivity contribution in [2.45, 2.75) is 63.9 Å². The van der Waals surface area contributed by atoms with Gasteiger partial charge in [-0.3, -0.25) is 9.59 Å². The number of piperidine rings is 2. The summed E-state index contributed by atoms with van der Waals surface area (Å²) in [6.07, 6.45) is 8.70. The molecule has 0 aromatic carbocycles. The van der Waals surface area contributed by atoms with Crippen molar-refractivity contribution in [1.82, 2.24) is 9.80 Å². The van der Waals surface area contributed by atoms with E-state index in [1.165, 1.54) is 32.8 Å². The molecule has 0 aromatic rings. The summed E-state index contributed by atoms with van der Waals surface area (Å²) in [6, 6.07) is 0. The van der Waals surface area contributed by atoms with Gasteiger partial charge >= 0.3 is 0 Å². The fraction of sp³-hybridized carbons (Fsp3) is 0.900. The Morgan fingerprint density at radius 2 is 1.73 bits per heavy atom. The van der Waals surface area contributed by atoms with Crippen LogP contribution in [0.25, 0.3) is 0 Å². The SMILES string of the molecule is COCC(=O)N1CC[C@@H](O)[C@]2(CCCN(C(=O)CCC3CCCC3)C2)C1. The molecule has 3 rings (SSSR count). The quantitative estimate of drug-likeness (QED) is 0.806. The van der Waals surface area contributed by atoms with Crippen molar-refractivity contribution in [3.05, 3.63) is 0 Å². The van der Waals surface area contributed by atoms with Crippen LogP contribution in [0.2, 0.25) is 0 Å². The molecule has 2 atom stereocenters. The molecule has 6 heteroatoms. The van der Waals surface area contributed by atoms with Crippen LogP contribution in [0.1, 0.15) is 57.8 Å². The lowest BCUT2D eigenvalue weighted by molar-refractivity contribution is -0.151. The molecule has 148 valence electrons. The number of amides is 2.